The molecule has 0 aliphatic carbocycles. The highest BCUT2D eigenvalue weighted by Crippen LogP contribution is 2.15. The Kier molecular flexibility index (Phi) is 4.80. The predicted molar refractivity (Wildman–Crippen MR) is 75.0 cm³/mol. The minimum atomic E-state index is -1.73. The van der Waals surface area contributed by atoms with Gasteiger partial charge in [0.15, 0.2) is 17.4 Å². The van der Waals surface area contributed by atoms with Gasteiger partial charge in [0, 0.05) is 10.5 Å². The minimum Gasteiger partial charge on any atom is -0.497 e. The van der Waals surface area contributed by atoms with Crippen molar-refractivity contribution in [3.05, 3.63) is 59.7 Å². The van der Waals surface area contributed by atoms with E-state index < -0.39 is 22.4 Å². The molecule has 0 aliphatic heterocycles. The van der Waals surface area contributed by atoms with Crippen LogP contribution in [0.1, 0.15) is 10.4 Å². The van der Waals surface area contributed by atoms with Crippen molar-refractivity contribution in [2.45, 2.75) is 4.90 Å². The molecule has 21 heavy (non-hydrogen) atoms. The van der Waals surface area contributed by atoms with Gasteiger partial charge in [-0.25, -0.2) is 8.78 Å². The standard InChI is InChI=1S/C15H12F2O3S/c1-20-11-4-2-10(3-5-11)15(18)9-21(19)12-6-7-13(16)14(17)8-12/h2-8H,9H2,1H3. The molecule has 0 amide bonds. The van der Waals surface area contributed by atoms with Crippen LogP contribution in [-0.2, 0) is 10.8 Å². The van der Waals surface area contributed by atoms with E-state index in [1.807, 2.05) is 0 Å². The van der Waals surface area contributed by atoms with Crippen molar-refractivity contribution in [3.8, 4) is 5.75 Å². The van der Waals surface area contributed by atoms with Crippen molar-refractivity contribution in [1.29, 1.82) is 0 Å². The number of halogens is 2. The molecule has 0 saturated carbocycles. The van der Waals surface area contributed by atoms with Crippen LogP contribution in [0.2, 0.25) is 0 Å². The lowest BCUT2D eigenvalue weighted by molar-refractivity contribution is 0.102. The van der Waals surface area contributed by atoms with Gasteiger partial charge in [0.05, 0.1) is 23.7 Å². The molecule has 2 aromatic rings. The molecule has 6 heteroatoms. The summed E-state index contributed by atoms with van der Waals surface area (Å²) in [6.07, 6.45) is 0. The Morgan fingerprint density at radius 3 is 2.33 bits per heavy atom. The van der Waals surface area contributed by atoms with Crippen LogP contribution < -0.4 is 4.74 Å². The van der Waals surface area contributed by atoms with Crippen LogP contribution >= 0.6 is 0 Å². The molecule has 0 fully saturated rings. The number of rotatable bonds is 5. The molecule has 0 aliphatic rings. The summed E-state index contributed by atoms with van der Waals surface area (Å²) in [4.78, 5) is 12.1. The van der Waals surface area contributed by atoms with Gasteiger partial charge in [-0.15, -0.1) is 0 Å². The maximum Gasteiger partial charge on any atom is 0.175 e. The molecule has 0 radical (unpaired) electrons. The van der Waals surface area contributed by atoms with E-state index in [2.05, 4.69) is 0 Å². The van der Waals surface area contributed by atoms with Gasteiger partial charge in [-0.2, -0.15) is 0 Å². The molecule has 2 aromatic carbocycles. The summed E-state index contributed by atoms with van der Waals surface area (Å²) >= 11 is 0. The molecule has 0 N–H and O–H groups in total. The lowest BCUT2D eigenvalue weighted by atomic mass is 10.1. The lowest BCUT2D eigenvalue weighted by Crippen LogP contribution is -2.11. The van der Waals surface area contributed by atoms with Crippen molar-refractivity contribution in [2.24, 2.45) is 0 Å². The molecule has 1 atom stereocenters. The van der Waals surface area contributed by atoms with Crippen LogP contribution in [-0.4, -0.2) is 22.9 Å². The number of ketones is 1. The summed E-state index contributed by atoms with van der Waals surface area (Å²) in [6.45, 7) is 0. The van der Waals surface area contributed by atoms with Crippen LogP contribution in [0.15, 0.2) is 47.4 Å². The van der Waals surface area contributed by atoms with Crippen molar-refractivity contribution >= 4 is 16.6 Å². The lowest BCUT2D eigenvalue weighted by Gasteiger charge is -2.04. The molecule has 1 unspecified atom stereocenters. The third-order valence-electron chi connectivity index (χ3n) is 2.83. The van der Waals surface area contributed by atoms with E-state index in [-0.39, 0.29) is 16.4 Å². The van der Waals surface area contributed by atoms with Gasteiger partial charge < -0.3 is 4.74 Å². The predicted octanol–water partition coefficient (Wildman–Crippen LogP) is 2.96. The first kappa shape index (κ1) is 15.3. The van der Waals surface area contributed by atoms with E-state index in [1.54, 1.807) is 24.3 Å². The molecule has 0 aromatic heterocycles. The molecule has 0 heterocycles. The van der Waals surface area contributed by atoms with Crippen LogP contribution in [0.4, 0.5) is 8.78 Å². The largest absolute Gasteiger partial charge is 0.497 e. The summed E-state index contributed by atoms with van der Waals surface area (Å²) in [5.41, 5.74) is 0.381. The molecule has 0 saturated heterocycles. The Hall–Kier alpha value is -2.08. The van der Waals surface area contributed by atoms with Gasteiger partial charge in [0.25, 0.3) is 0 Å². The quantitative estimate of drug-likeness (QED) is 0.798. The number of ether oxygens (including phenoxy) is 1. The van der Waals surface area contributed by atoms with Crippen LogP contribution in [0.3, 0.4) is 0 Å². The van der Waals surface area contributed by atoms with Gasteiger partial charge in [-0.3, -0.25) is 9.00 Å². The van der Waals surface area contributed by atoms with Gasteiger partial charge in [0.2, 0.25) is 0 Å². The molecule has 0 bridgehead atoms. The van der Waals surface area contributed by atoms with E-state index in [9.17, 15) is 17.8 Å². The Labute approximate surface area is 123 Å². The number of benzene rings is 2. The van der Waals surface area contributed by atoms with Gasteiger partial charge >= 0.3 is 0 Å². The Morgan fingerprint density at radius 1 is 1.10 bits per heavy atom. The van der Waals surface area contributed by atoms with Crippen LogP contribution in [0, 0.1) is 11.6 Å². The first-order valence-corrected chi connectivity index (χ1v) is 7.34. The average Bonchev–Trinajstić information content (AvgIpc) is 2.50. The summed E-state index contributed by atoms with van der Waals surface area (Å²) in [5, 5.41) is 0. The number of methoxy groups -OCH3 is 1. The zero-order chi connectivity index (χ0) is 15.4. The maximum absolute atomic E-state index is 13.1. The molecule has 2 rings (SSSR count). The van der Waals surface area contributed by atoms with Crippen LogP contribution in [0.25, 0.3) is 0 Å². The number of hydrogen-bond acceptors (Lipinski definition) is 3. The first-order chi connectivity index (χ1) is 10.0. The highest BCUT2D eigenvalue weighted by molar-refractivity contribution is 7.85. The Bertz CT molecular complexity index is 684. The second kappa shape index (κ2) is 6.58. The third-order valence-corrected chi connectivity index (χ3v) is 4.13. The monoisotopic (exact) mass is 310 g/mol. The highest BCUT2D eigenvalue weighted by Gasteiger charge is 2.14. The van der Waals surface area contributed by atoms with Crippen LogP contribution in [0.5, 0.6) is 5.75 Å². The van der Waals surface area contributed by atoms with E-state index in [4.69, 9.17) is 4.74 Å². The van der Waals surface area contributed by atoms with E-state index >= 15 is 0 Å². The smallest absolute Gasteiger partial charge is 0.175 e. The van der Waals surface area contributed by atoms with Crippen molar-refractivity contribution in [2.75, 3.05) is 12.9 Å². The zero-order valence-electron chi connectivity index (χ0n) is 11.1. The molecule has 3 nitrogen and oxygen atoms in total. The van der Waals surface area contributed by atoms with E-state index in [0.717, 1.165) is 12.1 Å². The molecular formula is C15H12F2O3S. The highest BCUT2D eigenvalue weighted by atomic mass is 32.2. The van der Waals surface area contributed by atoms with Gasteiger partial charge in [-0.05, 0) is 42.5 Å². The zero-order valence-corrected chi connectivity index (χ0v) is 12.0. The number of carbonyl (C=O) groups is 1. The Balaban J connectivity index is 2.10. The second-order valence-corrected chi connectivity index (χ2v) is 5.67. The average molecular weight is 310 g/mol. The molecule has 110 valence electrons. The topological polar surface area (TPSA) is 43.4 Å². The molecule has 0 spiro atoms. The van der Waals surface area contributed by atoms with Crippen molar-refractivity contribution in [3.63, 3.8) is 0 Å². The third kappa shape index (κ3) is 3.72. The number of carbonyl (C=O) groups excluding carboxylic acids is 1. The fraction of sp³-hybridized carbons (Fsp3) is 0.133. The summed E-state index contributed by atoms with van der Waals surface area (Å²) in [6, 6.07) is 9.29. The molecular weight excluding hydrogens is 298 g/mol. The summed E-state index contributed by atoms with van der Waals surface area (Å²) in [7, 11) is -0.218. The summed E-state index contributed by atoms with van der Waals surface area (Å²) in [5.74, 6) is -2.14. The van der Waals surface area contributed by atoms with Crippen molar-refractivity contribution in [1.82, 2.24) is 0 Å². The maximum atomic E-state index is 13.1. The minimum absolute atomic E-state index is 0.0794. The van der Waals surface area contributed by atoms with Crippen molar-refractivity contribution < 1.29 is 22.5 Å². The summed E-state index contributed by atoms with van der Waals surface area (Å²) < 4.78 is 42.9. The fourth-order valence-corrected chi connectivity index (χ4v) is 2.71. The number of Topliss-reactive ketones (excluding diaryl/α,β-unsaturated/α-hetero) is 1. The van der Waals surface area contributed by atoms with Gasteiger partial charge in [-0.1, -0.05) is 0 Å². The number of hydrogen-bond donors (Lipinski definition) is 0. The van der Waals surface area contributed by atoms with E-state index in [0.29, 0.717) is 11.3 Å². The SMILES string of the molecule is COc1ccc(C(=O)CS(=O)c2ccc(F)c(F)c2)cc1. The first-order valence-electron chi connectivity index (χ1n) is 6.02. The fourth-order valence-electron chi connectivity index (χ4n) is 1.68. The normalized spacial score (nSPS) is 12.0. The second-order valence-electron chi connectivity index (χ2n) is 4.22. The van der Waals surface area contributed by atoms with E-state index in [1.165, 1.54) is 13.2 Å². The van der Waals surface area contributed by atoms with Gasteiger partial charge in [0.1, 0.15) is 5.75 Å². The Morgan fingerprint density at radius 2 is 1.76 bits per heavy atom.